The number of aromatic hydroxyl groups is 1. The monoisotopic (exact) mass is 302 g/mol. The number of H-pyrrole nitrogens is 1. The van der Waals surface area contributed by atoms with Gasteiger partial charge in [-0.05, 0) is 42.2 Å². The van der Waals surface area contributed by atoms with Crippen molar-refractivity contribution < 1.29 is 5.11 Å². The zero-order valence-electron chi connectivity index (χ0n) is 12.3. The maximum absolute atomic E-state index is 9.80. The number of hydrogen-bond donors (Lipinski definition) is 3. The number of anilines is 1. The number of phenolic OH excluding ortho intramolecular Hbond substituents is 1. The molecule has 0 aliphatic heterocycles. The predicted octanol–water partition coefficient (Wildman–Crippen LogP) is 3.00. The lowest BCUT2D eigenvalue weighted by molar-refractivity contribution is 0.475. The summed E-state index contributed by atoms with van der Waals surface area (Å²) in [6.07, 6.45) is 3.53. The predicted molar refractivity (Wildman–Crippen MR) is 87.7 cm³/mol. The van der Waals surface area contributed by atoms with Crippen LogP contribution in [0.25, 0.3) is 22.4 Å². The fourth-order valence-corrected chi connectivity index (χ4v) is 3.28. The molecule has 5 nitrogen and oxygen atoms in total. The van der Waals surface area contributed by atoms with Gasteiger partial charge in [-0.3, -0.25) is 0 Å². The molecule has 2 aromatic heterocycles. The van der Waals surface area contributed by atoms with E-state index in [2.05, 4.69) is 16.0 Å². The van der Waals surface area contributed by atoms with Gasteiger partial charge in [-0.1, -0.05) is 12.1 Å². The third-order valence-corrected chi connectivity index (χ3v) is 4.29. The highest BCUT2D eigenvalue weighted by molar-refractivity contribution is 5.86. The van der Waals surface area contributed by atoms with Crippen LogP contribution in [0.1, 0.15) is 16.8 Å². The van der Waals surface area contributed by atoms with Crippen molar-refractivity contribution in [3.63, 3.8) is 0 Å². The van der Waals surface area contributed by atoms with Crippen LogP contribution < -0.4 is 5.73 Å². The minimum absolute atomic E-state index is 0.161. The highest BCUT2D eigenvalue weighted by Crippen LogP contribution is 2.41. The third kappa shape index (κ3) is 1.96. The zero-order valence-corrected chi connectivity index (χ0v) is 12.3. The van der Waals surface area contributed by atoms with E-state index in [1.54, 1.807) is 18.2 Å². The number of nitrogen functional groups attached to an aromatic ring is 1. The van der Waals surface area contributed by atoms with Crippen LogP contribution in [0, 0.1) is 11.3 Å². The number of nitrogens with one attached hydrogen (secondary N) is 1. The Morgan fingerprint density at radius 2 is 2.13 bits per heavy atom. The summed E-state index contributed by atoms with van der Waals surface area (Å²) < 4.78 is 0. The van der Waals surface area contributed by atoms with Crippen LogP contribution >= 0.6 is 0 Å². The summed E-state index contributed by atoms with van der Waals surface area (Å²) in [5.41, 5.74) is 12.0. The van der Waals surface area contributed by atoms with Gasteiger partial charge < -0.3 is 15.8 Å². The maximum atomic E-state index is 9.80. The summed E-state index contributed by atoms with van der Waals surface area (Å²) in [5, 5.41) is 19.3. The van der Waals surface area contributed by atoms with Gasteiger partial charge in [-0.2, -0.15) is 5.26 Å². The van der Waals surface area contributed by atoms with E-state index in [0.29, 0.717) is 5.56 Å². The standard InChI is InChI=1S/C18H14N4O/c19-9-14-16(10-2-1-3-11(23)8-10)13-4-5-15-12(6-7-21-15)17(13)22-18(14)20/h1-3,6-8,21,23H,4-5H2,(H2,20,22). The van der Waals surface area contributed by atoms with Gasteiger partial charge in [0.25, 0.3) is 0 Å². The van der Waals surface area contributed by atoms with E-state index in [4.69, 9.17) is 5.73 Å². The van der Waals surface area contributed by atoms with Gasteiger partial charge in [0.05, 0.1) is 5.69 Å². The second-order valence-electron chi connectivity index (χ2n) is 5.61. The molecule has 1 aromatic carbocycles. The van der Waals surface area contributed by atoms with E-state index < -0.39 is 0 Å². The maximum Gasteiger partial charge on any atom is 0.142 e. The van der Waals surface area contributed by atoms with Crippen molar-refractivity contribution in [3.05, 3.63) is 53.3 Å². The van der Waals surface area contributed by atoms with E-state index in [9.17, 15) is 10.4 Å². The molecule has 4 N–H and O–H groups in total. The van der Waals surface area contributed by atoms with Crippen molar-refractivity contribution in [3.8, 4) is 34.2 Å². The average molecular weight is 302 g/mol. The molecule has 0 atom stereocenters. The van der Waals surface area contributed by atoms with E-state index >= 15 is 0 Å². The molecule has 23 heavy (non-hydrogen) atoms. The van der Waals surface area contributed by atoms with Crippen molar-refractivity contribution in [2.75, 3.05) is 5.73 Å². The molecule has 0 radical (unpaired) electrons. The second kappa shape index (κ2) is 4.89. The molecule has 0 bridgehead atoms. The number of nitrogens with two attached hydrogens (primary N) is 1. The Labute approximate surface area is 133 Å². The lowest BCUT2D eigenvalue weighted by Gasteiger charge is -2.21. The number of hydrogen-bond acceptors (Lipinski definition) is 4. The minimum atomic E-state index is 0.161. The zero-order chi connectivity index (χ0) is 16.0. The topological polar surface area (TPSA) is 98.7 Å². The molecule has 0 saturated heterocycles. The van der Waals surface area contributed by atoms with Gasteiger partial charge in [0.2, 0.25) is 0 Å². The van der Waals surface area contributed by atoms with Crippen LogP contribution in [-0.4, -0.2) is 15.1 Å². The second-order valence-corrected chi connectivity index (χ2v) is 5.61. The summed E-state index contributed by atoms with van der Waals surface area (Å²) in [6.45, 7) is 0. The number of nitriles is 1. The molecule has 0 unspecified atom stereocenters. The molecule has 1 aliphatic rings. The number of pyridine rings is 1. The molecule has 4 rings (SSSR count). The molecule has 0 saturated carbocycles. The minimum Gasteiger partial charge on any atom is -0.508 e. The Morgan fingerprint density at radius 1 is 1.26 bits per heavy atom. The number of aromatic amines is 1. The molecule has 1 aliphatic carbocycles. The molecular weight excluding hydrogens is 288 g/mol. The Morgan fingerprint density at radius 3 is 2.91 bits per heavy atom. The van der Waals surface area contributed by atoms with E-state index in [1.807, 2.05) is 18.3 Å². The molecule has 2 heterocycles. The third-order valence-electron chi connectivity index (χ3n) is 4.29. The van der Waals surface area contributed by atoms with Gasteiger partial charge in [0.15, 0.2) is 0 Å². The number of nitrogens with zero attached hydrogens (tertiary/aromatic N) is 2. The highest BCUT2D eigenvalue weighted by atomic mass is 16.3. The Kier molecular flexibility index (Phi) is 2.85. The molecule has 3 aromatic rings. The van der Waals surface area contributed by atoms with Crippen LogP contribution in [0.3, 0.4) is 0 Å². The summed E-state index contributed by atoms with van der Waals surface area (Å²) >= 11 is 0. The summed E-state index contributed by atoms with van der Waals surface area (Å²) in [4.78, 5) is 7.71. The Balaban J connectivity index is 2.08. The molecule has 0 fully saturated rings. The van der Waals surface area contributed by atoms with E-state index in [0.717, 1.165) is 46.5 Å². The first-order valence-electron chi connectivity index (χ1n) is 7.37. The summed E-state index contributed by atoms with van der Waals surface area (Å²) in [6, 6.07) is 11.1. The first kappa shape index (κ1) is 13.4. The van der Waals surface area contributed by atoms with Crippen LogP contribution in [0.15, 0.2) is 36.5 Å². The van der Waals surface area contributed by atoms with Crippen molar-refractivity contribution in [1.82, 2.24) is 9.97 Å². The van der Waals surface area contributed by atoms with E-state index in [-0.39, 0.29) is 11.6 Å². The van der Waals surface area contributed by atoms with Crippen LogP contribution in [0.4, 0.5) is 5.82 Å². The number of aromatic nitrogens is 2. The summed E-state index contributed by atoms with van der Waals surface area (Å²) in [5.74, 6) is 0.382. The molecule has 0 amide bonds. The highest BCUT2D eigenvalue weighted by Gasteiger charge is 2.25. The average Bonchev–Trinajstić information content (AvgIpc) is 3.02. The van der Waals surface area contributed by atoms with Crippen molar-refractivity contribution >= 4 is 5.82 Å². The smallest absolute Gasteiger partial charge is 0.142 e. The molecule has 112 valence electrons. The number of rotatable bonds is 1. The van der Waals surface area contributed by atoms with Gasteiger partial charge in [0, 0.05) is 23.0 Å². The van der Waals surface area contributed by atoms with Crippen LogP contribution in [0.5, 0.6) is 5.75 Å². The van der Waals surface area contributed by atoms with E-state index in [1.165, 1.54) is 0 Å². The molecular formula is C18H14N4O. The number of fused-ring (bicyclic) bond motifs is 3. The number of aryl methyl sites for hydroxylation is 1. The lowest BCUT2D eigenvalue weighted by atomic mass is 9.85. The molecule has 0 spiro atoms. The van der Waals surface area contributed by atoms with Gasteiger partial charge >= 0.3 is 0 Å². The Hall–Kier alpha value is -3.26. The van der Waals surface area contributed by atoms with Crippen molar-refractivity contribution in [1.29, 1.82) is 5.26 Å². The number of phenols is 1. The van der Waals surface area contributed by atoms with Crippen LogP contribution in [0.2, 0.25) is 0 Å². The summed E-state index contributed by atoms with van der Waals surface area (Å²) in [7, 11) is 0. The van der Waals surface area contributed by atoms with Crippen molar-refractivity contribution in [2.45, 2.75) is 12.8 Å². The van der Waals surface area contributed by atoms with Gasteiger partial charge in [0.1, 0.15) is 23.2 Å². The number of benzene rings is 1. The SMILES string of the molecule is N#Cc1c(N)nc2c(c1-c1cccc(O)c1)CCc1[nH]ccc1-2. The lowest BCUT2D eigenvalue weighted by Crippen LogP contribution is -2.11. The Bertz CT molecular complexity index is 966. The van der Waals surface area contributed by atoms with Crippen LogP contribution in [-0.2, 0) is 12.8 Å². The fraction of sp³-hybridized carbons (Fsp3) is 0.111. The largest absolute Gasteiger partial charge is 0.508 e. The first-order chi connectivity index (χ1) is 11.2. The first-order valence-corrected chi connectivity index (χ1v) is 7.37. The normalized spacial score (nSPS) is 12.3. The fourth-order valence-electron chi connectivity index (χ4n) is 3.28. The van der Waals surface area contributed by atoms with Gasteiger partial charge in [-0.25, -0.2) is 4.98 Å². The quantitative estimate of drug-likeness (QED) is 0.643. The van der Waals surface area contributed by atoms with Gasteiger partial charge in [-0.15, -0.1) is 0 Å². The van der Waals surface area contributed by atoms with Crippen molar-refractivity contribution in [2.24, 2.45) is 0 Å². The molecule has 5 heteroatoms.